The van der Waals surface area contributed by atoms with E-state index in [2.05, 4.69) is 9.71 Å². The molecule has 0 saturated carbocycles. The van der Waals surface area contributed by atoms with Crippen LogP contribution in [0.15, 0.2) is 59.5 Å². The topological polar surface area (TPSA) is 68.3 Å². The average molecular weight is 459 g/mol. The molecule has 0 atom stereocenters. The van der Waals surface area contributed by atoms with E-state index < -0.39 is 10.0 Å². The molecular weight excluding hydrogens is 440 g/mol. The molecule has 8 heteroatoms. The van der Waals surface area contributed by atoms with Gasteiger partial charge in [0, 0.05) is 26.5 Å². The number of hydrogen-bond donors (Lipinski definition) is 1. The van der Waals surface area contributed by atoms with E-state index in [1.807, 2.05) is 38.1 Å². The highest BCUT2D eigenvalue weighted by Crippen LogP contribution is 2.42. The number of methoxy groups -OCH3 is 1. The number of aromatic nitrogens is 1. The molecule has 154 valence electrons. The van der Waals surface area contributed by atoms with E-state index in [0.717, 1.165) is 37.7 Å². The van der Waals surface area contributed by atoms with E-state index in [0.29, 0.717) is 10.7 Å². The van der Waals surface area contributed by atoms with E-state index in [-0.39, 0.29) is 4.90 Å². The number of hydrogen-bond acceptors (Lipinski definition) is 5. The number of nitrogens with zero attached hydrogens (tertiary/aromatic N) is 1. The molecule has 0 spiro atoms. The molecule has 0 bridgehead atoms. The van der Waals surface area contributed by atoms with Gasteiger partial charge >= 0.3 is 0 Å². The predicted molar refractivity (Wildman–Crippen MR) is 123 cm³/mol. The second kappa shape index (κ2) is 7.91. The minimum absolute atomic E-state index is 0.143. The van der Waals surface area contributed by atoms with E-state index in [4.69, 9.17) is 16.3 Å². The van der Waals surface area contributed by atoms with Gasteiger partial charge in [-0.2, -0.15) is 0 Å². The molecular formula is C22H19ClN2O3S2. The molecule has 1 N–H and O–H groups in total. The van der Waals surface area contributed by atoms with Crippen molar-refractivity contribution in [3.8, 4) is 16.9 Å². The van der Waals surface area contributed by atoms with Gasteiger partial charge in [0.2, 0.25) is 0 Å². The van der Waals surface area contributed by atoms with Crippen LogP contribution in [0.25, 0.3) is 21.3 Å². The Bertz CT molecular complexity index is 1350. The monoisotopic (exact) mass is 458 g/mol. The molecule has 0 saturated heterocycles. The van der Waals surface area contributed by atoms with Crippen LogP contribution in [-0.2, 0) is 10.0 Å². The number of pyridine rings is 1. The molecule has 0 radical (unpaired) electrons. The zero-order valence-corrected chi connectivity index (χ0v) is 19.0. The minimum Gasteiger partial charge on any atom is -0.497 e. The highest BCUT2D eigenvalue weighted by Gasteiger charge is 2.21. The maximum atomic E-state index is 13.0. The SMILES string of the molecule is COc1cccc(-c2c(C)sc3nc(C)cc(NS(=O)(=O)c4ccc(Cl)cc4)c23)c1. The number of fused-ring (bicyclic) bond motifs is 1. The summed E-state index contributed by atoms with van der Waals surface area (Å²) in [7, 11) is -2.18. The van der Waals surface area contributed by atoms with Gasteiger partial charge in [-0.25, -0.2) is 13.4 Å². The number of sulfonamides is 1. The maximum absolute atomic E-state index is 13.0. The smallest absolute Gasteiger partial charge is 0.261 e. The van der Waals surface area contributed by atoms with Gasteiger partial charge in [-0.3, -0.25) is 4.72 Å². The minimum atomic E-state index is -3.80. The summed E-state index contributed by atoms with van der Waals surface area (Å²) < 4.78 is 34.2. The van der Waals surface area contributed by atoms with Crippen LogP contribution in [0.2, 0.25) is 5.02 Å². The number of aryl methyl sites for hydroxylation is 2. The third kappa shape index (κ3) is 3.88. The Morgan fingerprint density at radius 1 is 1.07 bits per heavy atom. The highest BCUT2D eigenvalue weighted by atomic mass is 35.5. The molecule has 0 aliphatic carbocycles. The third-order valence-corrected chi connectivity index (χ3v) is 7.33. The summed E-state index contributed by atoms with van der Waals surface area (Å²) in [5, 5.41) is 1.25. The van der Waals surface area contributed by atoms with E-state index in [9.17, 15) is 8.42 Å². The van der Waals surface area contributed by atoms with Crippen molar-refractivity contribution in [2.45, 2.75) is 18.7 Å². The van der Waals surface area contributed by atoms with Gasteiger partial charge in [-0.1, -0.05) is 23.7 Å². The number of nitrogens with one attached hydrogen (secondary N) is 1. The standard InChI is InChI=1S/C22H19ClN2O3S2/c1-13-11-19(25-30(26,27)18-9-7-16(23)8-10-18)21-20(14(2)29-22(21)24-13)15-5-4-6-17(12-15)28-3/h4-12H,1-3H3,(H,24,25). The Balaban J connectivity index is 1.90. The van der Waals surface area contributed by atoms with Crippen LogP contribution >= 0.6 is 22.9 Å². The summed E-state index contributed by atoms with van der Waals surface area (Å²) in [4.78, 5) is 6.60. The van der Waals surface area contributed by atoms with Crippen molar-refractivity contribution >= 4 is 48.9 Å². The van der Waals surface area contributed by atoms with Crippen molar-refractivity contribution in [3.05, 3.63) is 70.2 Å². The highest BCUT2D eigenvalue weighted by molar-refractivity contribution is 7.92. The fourth-order valence-electron chi connectivity index (χ4n) is 3.36. The summed E-state index contributed by atoms with van der Waals surface area (Å²) in [6.45, 7) is 3.85. The second-order valence-electron chi connectivity index (χ2n) is 6.82. The molecule has 0 aliphatic rings. The van der Waals surface area contributed by atoms with Crippen LogP contribution < -0.4 is 9.46 Å². The first-order valence-electron chi connectivity index (χ1n) is 9.12. The first-order chi connectivity index (χ1) is 14.3. The molecule has 5 nitrogen and oxygen atoms in total. The molecule has 0 amide bonds. The largest absolute Gasteiger partial charge is 0.497 e. The molecule has 2 aromatic carbocycles. The average Bonchev–Trinajstić information content (AvgIpc) is 3.03. The number of anilines is 1. The summed E-state index contributed by atoms with van der Waals surface area (Å²) in [6, 6.07) is 15.5. The van der Waals surface area contributed by atoms with Crippen molar-refractivity contribution in [2.24, 2.45) is 0 Å². The molecule has 0 fully saturated rings. The van der Waals surface area contributed by atoms with Gasteiger partial charge in [0.25, 0.3) is 10.0 Å². The Morgan fingerprint density at radius 3 is 2.50 bits per heavy atom. The van der Waals surface area contributed by atoms with E-state index in [1.165, 1.54) is 23.5 Å². The van der Waals surface area contributed by atoms with Gasteiger partial charge in [-0.15, -0.1) is 11.3 Å². The maximum Gasteiger partial charge on any atom is 0.261 e. The second-order valence-corrected chi connectivity index (χ2v) is 10.1. The van der Waals surface area contributed by atoms with Crippen molar-refractivity contribution in [3.63, 3.8) is 0 Å². The zero-order chi connectivity index (χ0) is 21.5. The lowest BCUT2D eigenvalue weighted by atomic mass is 10.0. The van der Waals surface area contributed by atoms with Gasteiger partial charge in [0.15, 0.2) is 0 Å². The Kier molecular flexibility index (Phi) is 5.44. The number of ether oxygens (including phenoxy) is 1. The summed E-state index contributed by atoms with van der Waals surface area (Å²) in [5.41, 5.74) is 3.11. The lowest BCUT2D eigenvalue weighted by Crippen LogP contribution is -2.13. The quantitative estimate of drug-likeness (QED) is 0.395. The lowest BCUT2D eigenvalue weighted by molar-refractivity contribution is 0.415. The van der Waals surface area contributed by atoms with Gasteiger partial charge in [-0.05, 0) is 61.9 Å². The van der Waals surface area contributed by atoms with Crippen LogP contribution in [0.3, 0.4) is 0 Å². The van der Waals surface area contributed by atoms with Crippen molar-refractivity contribution < 1.29 is 13.2 Å². The first kappa shape index (κ1) is 20.7. The molecule has 30 heavy (non-hydrogen) atoms. The van der Waals surface area contributed by atoms with Crippen LogP contribution in [0.1, 0.15) is 10.6 Å². The van der Waals surface area contributed by atoms with Gasteiger partial charge in [0.1, 0.15) is 10.6 Å². The summed E-state index contributed by atoms with van der Waals surface area (Å²) >= 11 is 7.44. The fraction of sp³-hybridized carbons (Fsp3) is 0.136. The normalized spacial score (nSPS) is 11.6. The number of halogens is 1. The van der Waals surface area contributed by atoms with E-state index in [1.54, 1.807) is 25.3 Å². The van der Waals surface area contributed by atoms with Gasteiger partial charge in [0.05, 0.1) is 17.7 Å². The lowest BCUT2D eigenvalue weighted by Gasteiger charge is -2.12. The number of rotatable bonds is 5. The molecule has 2 aromatic heterocycles. The first-order valence-corrected chi connectivity index (χ1v) is 11.8. The van der Waals surface area contributed by atoms with Crippen LogP contribution in [0, 0.1) is 13.8 Å². The van der Waals surface area contributed by atoms with Crippen molar-refractivity contribution in [2.75, 3.05) is 11.8 Å². The summed E-state index contributed by atoms with van der Waals surface area (Å²) in [5.74, 6) is 0.731. The molecule has 2 heterocycles. The Labute approximate surface area is 184 Å². The molecule has 0 unspecified atom stereocenters. The molecule has 4 rings (SSSR count). The van der Waals surface area contributed by atoms with E-state index >= 15 is 0 Å². The van der Waals surface area contributed by atoms with Crippen LogP contribution in [-0.4, -0.2) is 20.5 Å². The van der Waals surface area contributed by atoms with Gasteiger partial charge < -0.3 is 4.74 Å². The van der Waals surface area contributed by atoms with Crippen LogP contribution in [0.5, 0.6) is 5.75 Å². The summed E-state index contributed by atoms with van der Waals surface area (Å²) in [6.07, 6.45) is 0. The van der Waals surface area contributed by atoms with Crippen molar-refractivity contribution in [1.82, 2.24) is 4.98 Å². The Morgan fingerprint density at radius 2 is 1.80 bits per heavy atom. The van der Waals surface area contributed by atoms with Crippen LogP contribution in [0.4, 0.5) is 5.69 Å². The van der Waals surface area contributed by atoms with Crippen molar-refractivity contribution in [1.29, 1.82) is 0 Å². The molecule has 4 aromatic rings. The third-order valence-electron chi connectivity index (χ3n) is 4.69. The Hall–Kier alpha value is -2.61. The predicted octanol–water partition coefficient (Wildman–Crippen LogP) is 6.04. The molecule has 0 aliphatic heterocycles. The zero-order valence-electron chi connectivity index (χ0n) is 16.6. The fourth-order valence-corrected chi connectivity index (χ4v) is 5.66. The number of thiophene rings is 1. The number of benzene rings is 2.